The van der Waals surface area contributed by atoms with E-state index < -0.39 is 36.0 Å². The molecule has 0 bridgehead atoms. The Balaban J connectivity index is 1.91. The highest BCUT2D eigenvalue weighted by Crippen LogP contribution is 2.38. The van der Waals surface area contributed by atoms with Gasteiger partial charge in [-0.3, -0.25) is 4.79 Å². The van der Waals surface area contributed by atoms with Crippen LogP contribution in [0, 0.1) is 17.7 Å². The predicted molar refractivity (Wildman–Crippen MR) is 98.2 cm³/mol. The molecular formula is C21H25F7O3. The normalized spacial score (nSPS) is 20.9. The number of benzene rings is 1. The zero-order chi connectivity index (χ0) is 23.2. The van der Waals surface area contributed by atoms with Crippen LogP contribution in [0.5, 0.6) is 11.5 Å². The van der Waals surface area contributed by atoms with Gasteiger partial charge < -0.3 is 9.47 Å². The molecule has 1 aromatic carbocycles. The maximum absolute atomic E-state index is 14.0. The van der Waals surface area contributed by atoms with Crippen molar-refractivity contribution in [3.63, 3.8) is 0 Å². The SMILES string of the molecule is CCCCCC1CCC(C(=O)Oc2ccc(OC(F)(F)C(F)C(F)(F)F)c(F)c2)CC1. The molecule has 0 N–H and O–H groups in total. The van der Waals surface area contributed by atoms with Crippen LogP contribution in [0.4, 0.5) is 30.7 Å². The highest BCUT2D eigenvalue weighted by atomic mass is 19.4. The highest BCUT2D eigenvalue weighted by Gasteiger charge is 2.59. The maximum atomic E-state index is 14.0. The van der Waals surface area contributed by atoms with Crippen LogP contribution in [0.25, 0.3) is 0 Å². The van der Waals surface area contributed by atoms with E-state index in [4.69, 9.17) is 4.74 Å². The average molecular weight is 458 g/mol. The Morgan fingerprint density at radius 3 is 2.29 bits per heavy atom. The van der Waals surface area contributed by atoms with Crippen molar-refractivity contribution in [2.45, 2.75) is 76.7 Å². The molecule has 3 nitrogen and oxygen atoms in total. The molecule has 10 heteroatoms. The Morgan fingerprint density at radius 2 is 1.74 bits per heavy atom. The fourth-order valence-corrected chi connectivity index (χ4v) is 3.59. The van der Waals surface area contributed by atoms with Crippen molar-refractivity contribution in [3.05, 3.63) is 24.0 Å². The first-order valence-electron chi connectivity index (χ1n) is 10.2. The van der Waals surface area contributed by atoms with Crippen molar-refractivity contribution in [3.8, 4) is 11.5 Å². The number of alkyl halides is 6. The van der Waals surface area contributed by atoms with Crippen LogP contribution in [0.3, 0.4) is 0 Å². The Morgan fingerprint density at radius 1 is 1.10 bits per heavy atom. The molecule has 0 radical (unpaired) electrons. The van der Waals surface area contributed by atoms with Crippen LogP contribution in [-0.2, 0) is 4.79 Å². The van der Waals surface area contributed by atoms with E-state index in [1.54, 1.807) is 0 Å². The summed E-state index contributed by atoms with van der Waals surface area (Å²) < 4.78 is 98.6. The van der Waals surface area contributed by atoms with Gasteiger partial charge in [0.2, 0.25) is 0 Å². The van der Waals surface area contributed by atoms with Gasteiger partial charge in [0.15, 0.2) is 11.6 Å². The fraction of sp³-hybridized carbons (Fsp3) is 0.667. The molecule has 0 heterocycles. The molecule has 31 heavy (non-hydrogen) atoms. The molecule has 0 amide bonds. The Kier molecular flexibility index (Phi) is 8.59. The monoisotopic (exact) mass is 458 g/mol. The number of unbranched alkanes of at least 4 members (excludes halogenated alkanes) is 2. The lowest BCUT2D eigenvalue weighted by Gasteiger charge is -2.27. The molecular weight excluding hydrogens is 433 g/mol. The van der Waals surface area contributed by atoms with E-state index in [0.717, 1.165) is 38.2 Å². The molecule has 0 aliphatic heterocycles. The van der Waals surface area contributed by atoms with Gasteiger partial charge in [0, 0.05) is 6.07 Å². The quantitative estimate of drug-likeness (QED) is 0.173. The van der Waals surface area contributed by atoms with Crippen LogP contribution in [-0.4, -0.2) is 24.4 Å². The van der Waals surface area contributed by atoms with E-state index >= 15 is 0 Å². The molecule has 1 fully saturated rings. The van der Waals surface area contributed by atoms with Crippen LogP contribution >= 0.6 is 0 Å². The number of halogens is 7. The number of rotatable bonds is 9. The molecule has 1 aliphatic rings. The second-order valence-corrected chi connectivity index (χ2v) is 7.79. The fourth-order valence-electron chi connectivity index (χ4n) is 3.59. The summed E-state index contributed by atoms with van der Waals surface area (Å²) >= 11 is 0. The van der Waals surface area contributed by atoms with E-state index in [9.17, 15) is 35.5 Å². The van der Waals surface area contributed by atoms with Crippen molar-refractivity contribution >= 4 is 5.97 Å². The minimum Gasteiger partial charge on any atom is -0.427 e. The van der Waals surface area contributed by atoms with E-state index in [2.05, 4.69) is 11.7 Å². The van der Waals surface area contributed by atoms with Gasteiger partial charge in [0.25, 0.3) is 6.17 Å². The highest BCUT2D eigenvalue weighted by molar-refractivity contribution is 5.75. The number of carbonyl (C=O) groups excluding carboxylic acids is 1. The Labute approximate surface area is 175 Å². The van der Waals surface area contributed by atoms with E-state index in [0.29, 0.717) is 30.9 Å². The number of hydrogen-bond donors (Lipinski definition) is 0. The third-order valence-electron chi connectivity index (χ3n) is 5.35. The summed E-state index contributed by atoms with van der Waals surface area (Å²) in [6, 6.07) is 1.98. The molecule has 0 spiro atoms. The average Bonchev–Trinajstić information content (AvgIpc) is 2.69. The molecule has 0 aromatic heterocycles. The molecule has 1 aromatic rings. The molecule has 1 unspecified atom stereocenters. The predicted octanol–water partition coefficient (Wildman–Crippen LogP) is 6.99. The number of esters is 1. The van der Waals surface area contributed by atoms with Crippen LogP contribution in [0.1, 0.15) is 58.3 Å². The van der Waals surface area contributed by atoms with Crippen molar-refractivity contribution in [1.82, 2.24) is 0 Å². The summed E-state index contributed by atoms with van der Waals surface area (Å²) in [4.78, 5) is 12.3. The van der Waals surface area contributed by atoms with Gasteiger partial charge in [0.1, 0.15) is 5.75 Å². The number of carbonyl (C=O) groups is 1. The zero-order valence-electron chi connectivity index (χ0n) is 17.0. The zero-order valence-corrected chi connectivity index (χ0v) is 17.0. The lowest BCUT2D eigenvalue weighted by Crippen LogP contribution is -2.45. The van der Waals surface area contributed by atoms with Crippen LogP contribution in [0.2, 0.25) is 0 Å². The van der Waals surface area contributed by atoms with E-state index in [1.165, 1.54) is 6.42 Å². The molecule has 1 aliphatic carbocycles. The summed E-state index contributed by atoms with van der Waals surface area (Å²) in [6.07, 6.45) is -8.27. The lowest BCUT2D eigenvalue weighted by atomic mass is 9.80. The molecule has 1 atom stereocenters. The van der Waals surface area contributed by atoms with Crippen LogP contribution < -0.4 is 9.47 Å². The first-order chi connectivity index (χ1) is 14.4. The molecule has 176 valence electrons. The summed E-state index contributed by atoms with van der Waals surface area (Å²) in [6.45, 7) is 2.13. The number of ether oxygens (including phenoxy) is 2. The largest absolute Gasteiger partial charge is 0.439 e. The second kappa shape index (κ2) is 10.5. The van der Waals surface area contributed by atoms with E-state index in [1.807, 2.05) is 0 Å². The van der Waals surface area contributed by atoms with Gasteiger partial charge in [-0.15, -0.1) is 0 Å². The summed E-state index contributed by atoms with van der Waals surface area (Å²) in [5.41, 5.74) is 0. The smallest absolute Gasteiger partial charge is 0.427 e. The topological polar surface area (TPSA) is 35.5 Å². The summed E-state index contributed by atoms with van der Waals surface area (Å²) in [5.74, 6) is -3.53. The van der Waals surface area contributed by atoms with Gasteiger partial charge in [-0.05, 0) is 43.7 Å². The minimum atomic E-state index is -5.88. The standard InChI is InChI=1S/C21H25F7O3/c1-2-3-4-5-13-6-8-14(9-7-13)18(29)30-15-10-11-17(16(22)12-15)31-21(27,28)19(23)20(24,25)26/h10-14,19H,2-9H2,1H3. The van der Waals surface area contributed by atoms with Crippen molar-refractivity contribution in [2.24, 2.45) is 11.8 Å². The third-order valence-corrected chi connectivity index (χ3v) is 5.35. The van der Waals surface area contributed by atoms with E-state index in [-0.39, 0.29) is 11.7 Å². The maximum Gasteiger partial charge on any atom is 0.439 e. The Hall–Kier alpha value is -2.00. The second-order valence-electron chi connectivity index (χ2n) is 7.79. The minimum absolute atomic E-state index is 0.309. The van der Waals surface area contributed by atoms with Crippen molar-refractivity contribution in [1.29, 1.82) is 0 Å². The Bertz CT molecular complexity index is 728. The van der Waals surface area contributed by atoms with Gasteiger partial charge >= 0.3 is 18.3 Å². The first kappa shape index (κ1) is 25.3. The van der Waals surface area contributed by atoms with Gasteiger partial charge in [0.05, 0.1) is 5.92 Å². The van der Waals surface area contributed by atoms with Crippen LogP contribution in [0.15, 0.2) is 18.2 Å². The first-order valence-corrected chi connectivity index (χ1v) is 10.2. The summed E-state index contributed by atoms with van der Waals surface area (Å²) in [5, 5.41) is 0. The van der Waals surface area contributed by atoms with Crippen molar-refractivity contribution in [2.75, 3.05) is 0 Å². The van der Waals surface area contributed by atoms with Gasteiger partial charge in [-0.1, -0.05) is 32.6 Å². The van der Waals surface area contributed by atoms with Gasteiger partial charge in [-0.25, -0.2) is 8.78 Å². The molecule has 2 rings (SSSR count). The number of hydrogen-bond acceptors (Lipinski definition) is 3. The van der Waals surface area contributed by atoms with Gasteiger partial charge in [-0.2, -0.15) is 22.0 Å². The third kappa shape index (κ3) is 7.28. The molecule has 0 saturated heterocycles. The van der Waals surface area contributed by atoms with Crippen molar-refractivity contribution < 1.29 is 45.0 Å². The molecule has 1 saturated carbocycles. The summed E-state index contributed by atoms with van der Waals surface area (Å²) in [7, 11) is 0. The lowest BCUT2D eigenvalue weighted by molar-refractivity contribution is -0.305.